The van der Waals surface area contributed by atoms with E-state index < -0.39 is 12.0 Å². The summed E-state index contributed by atoms with van der Waals surface area (Å²) in [6, 6.07) is 9.41. The van der Waals surface area contributed by atoms with Crippen molar-refractivity contribution in [3.05, 3.63) is 54.1 Å². The largest absolute Gasteiger partial charge is 0.480 e. The predicted molar refractivity (Wildman–Crippen MR) is 69.1 cm³/mol. The minimum Gasteiger partial charge on any atom is -0.480 e. The van der Waals surface area contributed by atoms with Crippen molar-refractivity contribution < 1.29 is 9.90 Å². The van der Waals surface area contributed by atoms with Gasteiger partial charge in [0.15, 0.2) is 0 Å². The maximum absolute atomic E-state index is 10.3. The first-order chi connectivity index (χ1) is 8.59. The fraction of sp³-hybridized carbons (Fsp3) is 0.231. The number of rotatable bonds is 3. The van der Waals surface area contributed by atoms with Crippen molar-refractivity contribution >= 4 is 5.97 Å². The number of hydrogen-bond donors (Lipinski definition) is 3. The highest BCUT2D eigenvalue weighted by molar-refractivity contribution is 5.73. The van der Waals surface area contributed by atoms with Crippen molar-refractivity contribution in [2.45, 2.75) is 19.4 Å². The average Bonchev–Trinajstić information content (AvgIpc) is 2.83. The lowest BCUT2D eigenvalue weighted by atomic mass is 10.2. The van der Waals surface area contributed by atoms with Crippen LogP contribution >= 0.6 is 0 Å². The molecule has 0 amide bonds. The fourth-order valence-electron chi connectivity index (χ4n) is 1.25. The van der Waals surface area contributed by atoms with E-state index >= 15 is 0 Å². The zero-order chi connectivity index (χ0) is 13.4. The molecule has 1 aromatic carbocycles. The topological polar surface area (TPSA) is 92.0 Å². The monoisotopic (exact) mass is 247 g/mol. The maximum Gasteiger partial charge on any atom is 0.320 e. The molecule has 96 valence electrons. The van der Waals surface area contributed by atoms with Gasteiger partial charge in [-0.25, -0.2) is 4.98 Å². The highest BCUT2D eigenvalue weighted by atomic mass is 16.4. The Kier molecular flexibility index (Phi) is 5.60. The van der Waals surface area contributed by atoms with Crippen LogP contribution in [-0.2, 0) is 11.2 Å². The van der Waals surface area contributed by atoms with Crippen LogP contribution in [0.15, 0.2) is 42.9 Å². The molecule has 1 heterocycles. The molecule has 18 heavy (non-hydrogen) atoms. The third-order valence-electron chi connectivity index (χ3n) is 2.25. The van der Waals surface area contributed by atoms with Gasteiger partial charge < -0.3 is 15.8 Å². The highest BCUT2D eigenvalue weighted by Crippen LogP contribution is 1.95. The molecule has 0 fully saturated rings. The molecular formula is C13H17N3O2. The summed E-state index contributed by atoms with van der Waals surface area (Å²) in [7, 11) is 0. The second-order valence-corrected chi connectivity index (χ2v) is 3.88. The van der Waals surface area contributed by atoms with Crippen molar-refractivity contribution in [2.75, 3.05) is 0 Å². The summed E-state index contributed by atoms with van der Waals surface area (Å²) < 4.78 is 0. The number of aliphatic carboxylic acids is 1. The first-order valence-electron chi connectivity index (χ1n) is 5.57. The Bertz CT molecular complexity index is 454. The molecule has 5 heteroatoms. The van der Waals surface area contributed by atoms with Gasteiger partial charge in [0.05, 0.1) is 6.33 Å². The normalized spacial score (nSPS) is 11.2. The van der Waals surface area contributed by atoms with Crippen molar-refractivity contribution in [1.29, 1.82) is 0 Å². The van der Waals surface area contributed by atoms with Crippen molar-refractivity contribution in [2.24, 2.45) is 5.73 Å². The molecule has 0 unspecified atom stereocenters. The molecule has 0 aliphatic carbocycles. The van der Waals surface area contributed by atoms with E-state index in [0.717, 1.165) is 5.69 Å². The molecule has 0 aliphatic heterocycles. The van der Waals surface area contributed by atoms with Crippen molar-refractivity contribution in [3.63, 3.8) is 0 Å². The Hall–Kier alpha value is -2.14. The van der Waals surface area contributed by atoms with Gasteiger partial charge in [-0.3, -0.25) is 4.79 Å². The van der Waals surface area contributed by atoms with Crippen LogP contribution in [0.4, 0.5) is 0 Å². The lowest BCUT2D eigenvalue weighted by Crippen LogP contribution is -2.32. The lowest BCUT2D eigenvalue weighted by Gasteiger charge is -2.02. The number of carboxylic acids is 1. The first kappa shape index (κ1) is 13.9. The molecule has 0 radical (unpaired) electrons. The van der Waals surface area contributed by atoms with Gasteiger partial charge >= 0.3 is 5.97 Å². The number of imidazole rings is 1. The number of benzene rings is 1. The number of aryl methyl sites for hydroxylation is 1. The standard InChI is InChI=1S/C7H8.C6H9N3O2/c1-7-5-3-2-4-6-7;7-5(6(10)11)1-4-2-8-3-9-4/h2-6H,1H3;2-3,5H,1,7H2,(H,8,9)(H,10,11)/t;5-/m.0/s1. The number of aromatic amines is 1. The summed E-state index contributed by atoms with van der Waals surface area (Å²) in [5.41, 5.74) is 7.32. The fourth-order valence-corrected chi connectivity index (χ4v) is 1.25. The summed E-state index contributed by atoms with van der Waals surface area (Å²) in [6.45, 7) is 2.08. The summed E-state index contributed by atoms with van der Waals surface area (Å²) in [5.74, 6) is -1.00. The Morgan fingerprint density at radius 1 is 1.44 bits per heavy atom. The van der Waals surface area contributed by atoms with Gasteiger partial charge in [-0.05, 0) is 6.92 Å². The van der Waals surface area contributed by atoms with Gasteiger partial charge in [-0.15, -0.1) is 0 Å². The second-order valence-electron chi connectivity index (χ2n) is 3.88. The van der Waals surface area contributed by atoms with Crippen LogP contribution in [-0.4, -0.2) is 27.1 Å². The molecule has 0 saturated carbocycles. The zero-order valence-electron chi connectivity index (χ0n) is 10.2. The quantitative estimate of drug-likeness (QED) is 0.763. The number of carboxylic acid groups (broad SMARTS) is 1. The van der Waals surface area contributed by atoms with Crippen LogP contribution in [0, 0.1) is 6.92 Å². The van der Waals surface area contributed by atoms with E-state index in [4.69, 9.17) is 10.8 Å². The smallest absolute Gasteiger partial charge is 0.320 e. The summed E-state index contributed by atoms with van der Waals surface area (Å²) in [4.78, 5) is 16.8. The SMILES string of the molecule is Cc1ccccc1.N[C@@H](Cc1cnc[nH]1)C(=O)O. The third-order valence-corrected chi connectivity index (χ3v) is 2.25. The van der Waals surface area contributed by atoms with Crippen LogP contribution in [0.2, 0.25) is 0 Å². The highest BCUT2D eigenvalue weighted by Gasteiger charge is 2.11. The summed E-state index contributed by atoms with van der Waals surface area (Å²) >= 11 is 0. The predicted octanol–water partition coefficient (Wildman–Crippen LogP) is 1.36. The minimum atomic E-state index is -1.00. The number of H-pyrrole nitrogens is 1. The molecule has 0 spiro atoms. The van der Waals surface area contributed by atoms with Crippen LogP contribution < -0.4 is 5.73 Å². The Balaban J connectivity index is 0.000000199. The molecule has 0 bridgehead atoms. The van der Waals surface area contributed by atoms with Gasteiger partial charge in [0.1, 0.15) is 6.04 Å². The number of hydrogen-bond acceptors (Lipinski definition) is 3. The molecular weight excluding hydrogens is 230 g/mol. The zero-order valence-corrected chi connectivity index (χ0v) is 10.2. The third kappa shape index (κ3) is 5.27. The van der Waals surface area contributed by atoms with Gasteiger partial charge in [-0.1, -0.05) is 35.9 Å². The average molecular weight is 247 g/mol. The molecule has 2 aromatic rings. The molecule has 1 aromatic heterocycles. The van der Waals surface area contributed by atoms with E-state index in [1.165, 1.54) is 11.9 Å². The number of nitrogens with zero attached hydrogens (tertiary/aromatic N) is 1. The Morgan fingerprint density at radius 2 is 2.11 bits per heavy atom. The lowest BCUT2D eigenvalue weighted by molar-refractivity contribution is -0.138. The van der Waals surface area contributed by atoms with Crippen LogP contribution in [0.25, 0.3) is 0 Å². The van der Waals surface area contributed by atoms with E-state index in [1.54, 1.807) is 6.20 Å². The molecule has 0 saturated heterocycles. The van der Waals surface area contributed by atoms with Gasteiger partial charge in [0.25, 0.3) is 0 Å². The van der Waals surface area contributed by atoms with E-state index in [1.807, 2.05) is 18.2 Å². The van der Waals surface area contributed by atoms with Gasteiger partial charge in [-0.2, -0.15) is 0 Å². The van der Waals surface area contributed by atoms with Crippen LogP contribution in [0.5, 0.6) is 0 Å². The van der Waals surface area contributed by atoms with Crippen molar-refractivity contribution in [1.82, 2.24) is 9.97 Å². The van der Waals surface area contributed by atoms with E-state index in [0.29, 0.717) is 0 Å². The number of carbonyl (C=O) groups is 1. The summed E-state index contributed by atoms with van der Waals surface area (Å²) in [6.07, 6.45) is 3.34. The second kappa shape index (κ2) is 7.24. The van der Waals surface area contributed by atoms with E-state index in [2.05, 4.69) is 29.0 Å². The van der Waals surface area contributed by atoms with E-state index in [-0.39, 0.29) is 6.42 Å². The molecule has 1 atom stereocenters. The van der Waals surface area contributed by atoms with Crippen LogP contribution in [0.1, 0.15) is 11.3 Å². The Labute approximate surface area is 106 Å². The minimum absolute atomic E-state index is 0.287. The number of nitrogens with one attached hydrogen (secondary N) is 1. The first-order valence-corrected chi connectivity index (χ1v) is 5.57. The molecule has 4 N–H and O–H groups in total. The number of aromatic nitrogens is 2. The van der Waals surface area contributed by atoms with E-state index in [9.17, 15) is 4.79 Å². The molecule has 0 aliphatic rings. The van der Waals surface area contributed by atoms with Crippen molar-refractivity contribution in [3.8, 4) is 0 Å². The summed E-state index contributed by atoms with van der Waals surface area (Å²) in [5, 5.41) is 8.42. The maximum atomic E-state index is 10.3. The van der Waals surface area contributed by atoms with Crippen LogP contribution in [0.3, 0.4) is 0 Å². The number of nitrogens with two attached hydrogens (primary N) is 1. The van der Waals surface area contributed by atoms with Gasteiger partial charge in [0.2, 0.25) is 0 Å². The Morgan fingerprint density at radius 3 is 2.50 bits per heavy atom. The van der Waals surface area contributed by atoms with Gasteiger partial charge in [0, 0.05) is 18.3 Å². The molecule has 2 rings (SSSR count). The molecule has 5 nitrogen and oxygen atoms in total.